The molecule has 0 aliphatic carbocycles. The van der Waals surface area contributed by atoms with Gasteiger partial charge in [-0.1, -0.05) is 30.3 Å². The molecule has 0 bridgehead atoms. The van der Waals surface area contributed by atoms with Crippen LogP contribution in [0.25, 0.3) is 0 Å². The van der Waals surface area contributed by atoms with Crippen molar-refractivity contribution in [3.8, 4) is 0 Å². The molecule has 1 aliphatic heterocycles. The van der Waals surface area contributed by atoms with Gasteiger partial charge in [-0.3, -0.25) is 4.79 Å². The Balaban J connectivity index is 2.07. The van der Waals surface area contributed by atoms with Crippen LogP contribution in [0.1, 0.15) is 11.6 Å². The number of thiocarbonyl (C=S) groups is 1. The van der Waals surface area contributed by atoms with E-state index in [2.05, 4.69) is 5.32 Å². The van der Waals surface area contributed by atoms with Crippen LogP contribution in [0.15, 0.2) is 30.3 Å². The van der Waals surface area contributed by atoms with Crippen LogP contribution < -0.4 is 5.32 Å². The van der Waals surface area contributed by atoms with E-state index in [0.717, 1.165) is 5.56 Å². The summed E-state index contributed by atoms with van der Waals surface area (Å²) in [6.07, 6.45) is 0. The van der Waals surface area contributed by atoms with Gasteiger partial charge in [0.25, 0.3) is 0 Å². The number of rotatable bonds is 3. The van der Waals surface area contributed by atoms with Crippen LogP contribution in [-0.2, 0) is 4.79 Å². The fourth-order valence-electron chi connectivity index (χ4n) is 1.76. The number of aliphatic carboxylic acids is 1. The molecular weight excluding hydrogens is 224 g/mol. The molecule has 16 heavy (non-hydrogen) atoms. The van der Waals surface area contributed by atoms with E-state index < -0.39 is 5.97 Å². The van der Waals surface area contributed by atoms with Crippen molar-refractivity contribution >= 4 is 23.3 Å². The summed E-state index contributed by atoms with van der Waals surface area (Å²) in [6, 6.07) is 9.97. The Kier molecular flexibility index (Phi) is 3.05. The first kappa shape index (κ1) is 10.9. The van der Waals surface area contributed by atoms with Crippen LogP contribution in [0.5, 0.6) is 0 Å². The summed E-state index contributed by atoms with van der Waals surface area (Å²) < 4.78 is 0. The van der Waals surface area contributed by atoms with Crippen LogP contribution in [0.4, 0.5) is 0 Å². The van der Waals surface area contributed by atoms with Gasteiger partial charge in [0.15, 0.2) is 5.11 Å². The number of hydrogen-bond acceptors (Lipinski definition) is 2. The largest absolute Gasteiger partial charge is 0.480 e. The van der Waals surface area contributed by atoms with Crippen molar-refractivity contribution in [2.45, 2.75) is 6.04 Å². The number of hydrogen-bond donors (Lipinski definition) is 2. The summed E-state index contributed by atoms with van der Waals surface area (Å²) in [5.74, 6) is -0.863. The molecule has 0 unspecified atom stereocenters. The van der Waals surface area contributed by atoms with Gasteiger partial charge in [0.2, 0.25) is 0 Å². The van der Waals surface area contributed by atoms with Crippen LogP contribution in [0.3, 0.4) is 0 Å². The normalized spacial score (nSPS) is 19.6. The lowest BCUT2D eigenvalue weighted by molar-refractivity contribution is -0.137. The second-order valence-electron chi connectivity index (χ2n) is 3.69. The lowest BCUT2D eigenvalue weighted by Gasteiger charge is -2.13. The van der Waals surface area contributed by atoms with Gasteiger partial charge in [0, 0.05) is 6.54 Å². The third-order valence-corrected chi connectivity index (χ3v) is 2.89. The molecule has 1 aromatic rings. The monoisotopic (exact) mass is 236 g/mol. The molecule has 1 fully saturated rings. The molecular formula is C11H12N2O2S. The highest BCUT2D eigenvalue weighted by Crippen LogP contribution is 2.19. The van der Waals surface area contributed by atoms with Gasteiger partial charge in [0.05, 0.1) is 6.04 Å². The smallest absolute Gasteiger partial charge is 0.323 e. The average Bonchev–Trinajstić information content (AvgIpc) is 2.61. The molecule has 0 aromatic heterocycles. The third kappa shape index (κ3) is 2.30. The van der Waals surface area contributed by atoms with Crippen molar-refractivity contribution in [3.63, 3.8) is 0 Å². The molecule has 2 rings (SSSR count). The lowest BCUT2D eigenvalue weighted by atomic mass is 10.1. The van der Waals surface area contributed by atoms with E-state index in [1.807, 2.05) is 30.3 Å². The summed E-state index contributed by atoms with van der Waals surface area (Å²) in [6.45, 7) is 0.560. The Morgan fingerprint density at radius 3 is 2.81 bits per heavy atom. The summed E-state index contributed by atoms with van der Waals surface area (Å²) in [5.41, 5.74) is 1.12. The first-order chi connectivity index (χ1) is 7.66. The number of nitrogens with zero attached hydrogens (tertiary/aromatic N) is 1. The first-order valence-electron chi connectivity index (χ1n) is 4.99. The summed E-state index contributed by atoms with van der Waals surface area (Å²) >= 11 is 5.09. The van der Waals surface area contributed by atoms with Crippen molar-refractivity contribution in [1.82, 2.24) is 10.2 Å². The van der Waals surface area contributed by atoms with E-state index in [1.165, 1.54) is 0 Å². The first-order valence-corrected chi connectivity index (χ1v) is 5.40. The summed E-state index contributed by atoms with van der Waals surface area (Å²) in [7, 11) is 0. The van der Waals surface area contributed by atoms with E-state index in [-0.39, 0.29) is 12.6 Å². The molecule has 0 radical (unpaired) electrons. The molecule has 0 spiro atoms. The van der Waals surface area contributed by atoms with Crippen molar-refractivity contribution in [2.75, 3.05) is 13.1 Å². The van der Waals surface area contributed by atoms with Gasteiger partial charge in [-0.05, 0) is 17.8 Å². The third-order valence-electron chi connectivity index (χ3n) is 2.52. The Labute approximate surface area is 98.9 Å². The van der Waals surface area contributed by atoms with Crippen LogP contribution in [0, 0.1) is 0 Å². The van der Waals surface area contributed by atoms with Gasteiger partial charge < -0.3 is 15.3 Å². The summed E-state index contributed by atoms with van der Waals surface area (Å²) in [4.78, 5) is 12.3. The zero-order valence-electron chi connectivity index (χ0n) is 8.59. The van der Waals surface area contributed by atoms with E-state index in [1.54, 1.807) is 4.90 Å². The Morgan fingerprint density at radius 2 is 2.19 bits per heavy atom. The predicted molar refractivity (Wildman–Crippen MR) is 64.1 cm³/mol. The molecule has 1 atom stereocenters. The van der Waals surface area contributed by atoms with Crippen LogP contribution in [0.2, 0.25) is 0 Å². The minimum atomic E-state index is -0.863. The number of carbonyl (C=O) groups is 1. The van der Waals surface area contributed by atoms with E-state index in [0.29, 0.717) is 11.7 Å². The lowest BCUT2D eigenvalue weighted by Crippen LogP contribution is -2.32. The maximum Gasteiger partial charge on any atom is 0.323 e. The fraction of sp³-hybridized carbons (Fsp3) is 0.273. The molecule has 2 N–H and O–H groups in total. The van der Waals surface area contributed by atoms with Gasteiger partial charge in [0.1, 0.15) is 6.54 Å². The topological polar surface area (TPSA) is 52.6 Å². The molecule has 4 nitrogen and oxygen atoms in total. The number of benzene rings is 1. The molecule has 0 amide bonds. The van der Waals surface area contributed by atoms with E-state index >= 15 is 0 Å². The Morgan fingerprint density at radius 1 is 1.50 bits per heavy atom. The maximum atomic E-state index is 10.6. The molecule has 1 aromatic carbocycles. The van der Waals surface area contributed by atoms with Crippen LogP contribution in [-0.4, -0.2) is 34.2 Å². The highest BCUT2D eigenvalue weighted by molar-refractivity contribution is 7.80. The zero-order valence-corrected chi connectivity index (χ0v) is 9.41. The Bertz CT molecular complexity index is 408. The second kappa shape index (κ2) is 4.49. The van der Waals surface area contributed by atoms with E-state index in [9.17, 15) is 4.79 Å². The zero-order chi connectivity index (χ0) is 11.5. The number of carboxylic acid groups (broad SMARTS) is 1. The van der Waals surface area contributed by atoms with Gasteiger partial charge >= 0.3 is 5.97 Å². The molecule has 1 aliphatic rings. The fourth-order valence-corrected chi connectivity index (χ4v) is 2.04. The summed E-state index contributed by atoms with van der Waals surface area (Å²) in [5, 5.41) is 12.3. The van der Waals surface area contributed by atoms with E-state index in [4.69, 9.17) is 17.3 Å². The number of carboxylic acids is 1. The van der Waals surface area contributed by atoms with Gasteiger partial charge in [-0.15, -0.1) is 0 Å². The predicted octanol–water partition coefficient (Wildman–Crippen LogP) is 1.00. The molecule has 5 heteroatoms. The molecule has 1 saturated heterocycles. The van der Waals surface area contributed by atoms with Crippen LogP contribution >= 0.6 is 12.2 Å². The van der Waals surface area contributed by atoms with Gasteiger partial charge in [-0.2, -0.15) is 0 Å². The van der Waals surface area contributed by atoms with Crippen molar-refractivity contribution in [2.24, 2.45) is 0 Å². The Hall–Kier alpha value is -1.62. The standard InChI is InChI=1S/C11H12N2O2S/c14-10(15)7-13-6-9(12-11(13)16)8-4-2-1-3-5-8/h1-5,9H,6-7H2,(H,12,16)(H,14,15)/t9-/m1/s1. The SMILES string of the molecule is O=C(O)CN1C[C@H](c2ccccc2)NC1=S. The number of nitrogens with one attached hydrogen (secondary N) is 1. The molecule has 0 saturated carbocycles. The van der Waals surface area contributed by atoms with Crippen molar-refractivity contribution in [1.29, 1.82) is 0 Å². The highest BCUT2D eigenvalue weighted by atomic mass is 32.1. The second-order valence-corrected chi connectivity index (χ2v) is 4.07. The molecule has 84 valence electrons. The average molecular weight is 236 g/mol. The quantitative estimate of drug-likeness (QED) is 0.767. The molecule has 1 heterocycles. The van der Waals surface area contributed by atoms with Gasteiger partial charge in [-0.25, -0.2) is 0 Å². The van der Waals surface area contributed by atoms with Crippen molar-refractivity contribution < 1.29 is 9.90 Å². The van der Waals surface area contributed by atoms with Crippen molar-refractivity contribution in [3.05, 3.63) is 35.9 Å². The highest BCUT2D eigenvalue weighted by Gasteiger charge is 2.27. The maximum absolute atomic E-state index is 10.6. The minimum absolute atomic E-state index is 0.0465. The minimum Gasteiger partial charge on any atom is -0.480 e.